The molecule has 2 amide bonds. The second-order valence-corrected chi connectivity index (χ2v) is 8.18. The van der Waals surface area contributed by atoms with Gasteiger partial charge >= 0.3 is 0 Å². The maximum Gasteiger partial charge on any atom is 0.274 e. The highest BCUT2D eigenvalue weighted by molar-refractivity contribution is 5.98. The first-order chi connectivity index (χ1) is 15.1. The lowest BCUT2D eigenvalue weighted by Gasteiger charge is -2.25. The number of carbonyl (C=O) groups is 2. The number of rotatable bonds is 4. The van der Waals surface area contributed by atoms with Gasteiger partial charge in [0.1, 0.15) is 17.2 Å². The molecule has 1 aromatic carbocycles. The first-order valence-electron chi connectivity index (χ1n) is 9.89. The summed E-state index contributed by atoms with van der Waals surface area (Å²) in [6.07, 6.45) is 1.16. The summed E-state index contributed by atoms with van der Waals surface area (Å²) in [5, 5.41) is 12.5. The molecule has 170 valence electrons. The third kappa shape index (κ3) is 4.32. The number of alkyl halides is 2. The van der Waals surface area contributed by atoms with Crippen LogP contribution in [0.4, 0.5) is 17.6 Å². The highest BCUT2D eigenvalue weighted by atomic mass is 19.3. The minimum absolute atomic E-state index is 0.0346. The minimum atomic E-state index is -3.07. The lowest BCUT2D eigenvalue weighted by Crippen LogP contribution is -2.41. The fourth-order valence-electron chi connectivity index (χ4n) is 3.96. The number of amides is 2. The summed E-state index contributed by atoms with van der Waals surface area (Å²) in [4.78, 5) is 40.7. The molecule has 2 fully saturated rings. The number of hydrogen-bond acceptors (Lipinski definition) is 4. The highest BCUT2D eigenvalue weighted by Crippen LogP contribution is 2.48. The second-order valence-electron chi connectivity index (χ2n) is 8.18. The van der Waals surface area contributed by atoms with E-state index in [1.54, 1.807) is 0 Å². The number of benzene rings is 1. The van der Waals surface area contributed by atoms with Gasteiger partial charge in [-0.25, -0.2) is 17.6 Å². The number of halogens is 4. The topological polar surface area (TPSA) is 102 Å². The molecule has 1 aromatic heterocycles. The lowest BCUT2D eigenvalue weighted by molar-refractivity contribution is -0.0315. The molecule has 0 bridgehead atoms. The van der Waals surface area contributed by atoms with Gasteiger partial charge in [-0.05, 0) is 24.3 Å². The molecule has 1 unspecified atom stereocenters. The van der Waals surface area contributed by atoms with Crippen LogP contribution in [-0.2, 0) is 6.54 Å². The van der Waals surface area contributed by atoms with Crippen LogP contribution in [0.2, 0.25) is 0 Å². The number of carbonyl (C=O) groups excluding carboxylic acids is 2. The summed E-state index contributed by atoms with van der Waals surface area (Å²) in [5.41, 5.74) is -2.38. The molecule has 3 N–H and O–H groups in total. The number of fused-ring (bicyclic) bond motifs is 1. The number of nitrogens with one attached hydrogen (secondary N) is 2. The smallest absolute Gasteiger partial charge is 0.274 e. The number of aromatic amines is 1. The summed E-state index contributed by atoms with van der Waals surface area (Å²) >= 11 is 0. The molecule has 1 saturated heterocycles. The zero-order chi connectivity index (χ0) is 23.2. The number of likely N-dealkylation sites (tertiary alicyclic amines) is 1. The molecule has 0 spiro atoms. The van der Waals surface area contributed by atoms with E-state index >= 15 is 0 Å². The number of hydrogen-bond donors (Lipinski definition) is 3. The van der Waals surface area contributed by atoms with E-state index in [1.807, 2.05) is 0 Å². The zero-order valence-corrected chi connectivity index (χ0v) is 16.6. The van der Waals surface area contributed by atoms with Crippen LogP contribution in [-0.4, -0.2) is 45.8 Å². The molecule has 7 nitrogen and oxygen atoms in total. The maximum absolute atomic E-state index is 14.1. The summed E-state index contributed by atoms with van der Waals surface area (Å²) in [6, 6.07) is 2.76. The van der Waals surface area contributed by atoms with Crippen LogP contribution in [0.15, 0.2) is 29.2 Å². The van der Waals surface area contributed by atoms with Crippen molar-refractivity contribution in [3.8, 4) is 5.75 Å². The average Bonchev–Trinajstić information content (AvgIpc) is 3.45. The van der Waals surface area contributed by atoms with Gasteiger partial charge < -0.3 is 20.3 Å². The van der Waals surface area contributed by atoms with Gasteiger partial charge in [0.25, 0.3) is 17.7 Å². The van der Waals surface area contributed by atoms with E-state index < -0.39 is 58.4 Å². The predicted molar refractivity (Wildman–Crippen MR) is 103 cm³/mol. The van der Waals surface area contributed by atoms with E-state index in [-0.39, 0.29) is 36.9 Å². The van der Waals surface area contributed by atoms with Gasteiger partial charge in [-0.2, -0.15) is 0 Å². The van der Waals surface area contributed by atoms with Crippen molar-refractivity contribution in [1.82, 2.24) is 15.2 Å². The van der Waals surface area contributed by atoms with Gasteiger partial charge in [0.15, 0.2) is 11.4 Å². The van der Waals surface area contributed by atoms with Gasteiger partial charge in [-0.3, -0.25) is 14.4 Å². The van der Waals surface area contributed by atoms with E-state index in [0.717, 1.165) is 23.2 Å². The maximum atomic E-state index is 14.1. The Morgan fingerprint density at radius 3 is 2.72 bits per heavy atom. The molecule has 11 heteroatoms. The van der Waals surface area contributed by atoms with Crippen molar-refractivity contribution in [2.24, 2.45) is 11.8 Å². The first kappa shape index (κ1) is 21.8. The molecular formula is C21H19F4N3O4. The van der Waals surface area contributed by atoms with Crippen molar-refractivity contribution < 1.29 is 32.3 Å². The molecule has 4 rings (SSSR count). The number of aromatic nitrogens is 1. The molecule has 1 aliphatic heterocycles. The number of H-pyrrole nitrogens is 1. The van der Waals surface area contributed by atoms with Crippen LogP contribution < -0.4 is 10.7 Å². The molecule has 2 aliphatic rings. The van der Waals surface area contributed by atoms with E-state index in [4.69, 9.17) is 0 Å². The quantitative estimate of drug-likeness (QED) is 0.619. The lowest BCUT2D eigenvalue weighted by atomic mass is 10.1. The molecule has 1 aliphatic carbocycles. The Labute approximate surface area is 179 Å². The van der Waals surface area contributed by atoms with E-state index in [2.05, 4.69) is 10.3 Å². The number of nitrogens with zero attached hydrogens (tertiary/aromatic N) is 1. The second kappa shape index (κ2) is 7.95. The molecule has 1 saturated carbocycles. The largest absolute Gasteiger partial charge is 0.503 e. The van der Waals surface area contributed by atoms with Gasteiger partial charge in [0.05, 0.1) is 6.54 Å². The van der Waals surface area contributed by atoms with Crippen LogP contribution in [0.3, 0.4) is 0 Å². The molecule has 2 aromatic rings. The van der Waals surface area contributed by atoms with Crippen LogP contribution in [0.1, 0.15) is 39.3 Å². The average molecular weight is 453 g/mol. The van der Waals surface area contributed by atoms with Crippen LogP contribution in [0.5, 0.6) is 5.75 Å². The van der Waals surface area contributed by atoms with Crippen molar-refractivity contribution >= 4 is 11.8 Å². The standard InChI is InChI=1S/C21H19F4N3O4/c22-13-2-1-10(15(23)4-13)6-27-19(31)14-7-26-16(18(30)17(14)29)20(32)28-8-12-3-11(12)5-21(24,25)9-28/h1-2,4,7,11-12,30H,3,5-6,8-9H2,(H,26,29)(H,27,31)/t11?,12-/m0/s1. The Morgan fingerprint density at radius 1 is 1.25 bits per heavy atom. The Hall–Kier alpha value is -3.37. The Balaban J connectivity index is 1.50. The van der Waals surface area contributed by atoms with Crippen LogP contribution in [0.25, 0.3) is 0 Å². The summed E-state index contributed by atoms with van der Waals surface area (Å²) in [5.74, 6) is -7.97. The Bertz CT molecular complexity index is 1150. The van der Waals surface area contributed by atoms with Gasteiger partial charge in [0.2, 0.25) is 5.43 Å². The molecule has 0 radical (unpaired) electrons. The normalized spacial score (nSPS) is 21.4. The minimum Gasteiger partial charge on any atom is -0.503 e. The predicted octanol–water partition coefficient (Wildman–Crippen LogP) is 2.41. The van der Waals surface area contributed by atoms with Crippen molar-refractivity contribution in [3.63, 3.8) is 0 Å². The molecule has 32 heavy (non-hydrogen) atoms. The fourth-order valence-corrected chi connectivity index (χ4v) is 3.96. The highest BCUT2D eigenvalue weighted by Gasteiger charge is 2.50. The Kier molecular flexibility index (Phi) is 5.43. The van der Waals surface area contributed by atoms with Gasteiger partial charge in [0, 0.05) is 37.3 Å². The third-order valence-corrected chi connectivity index (χ3v) is 5.76. The summed E-state index contributed by atoms with van der Waals surface area (Å²) in [6.45, 7) is -1.10. The fraction of sp³-hybridized carbons (Fsp3) is 0.381. The first-order valence-corrected chi connectivity index (χ1v) is 9.89. The summed E-state index contributed by atoms with van der Waals surface area (Å²) in [7, 11) is 0. The third-order valence-electron chi connectivity index (χ3n) is 5.76. The Morgan fingerprint density at radius 2 is 2.00 bits per heavy atom. The molecular weight excluding hydrogens is 434 g/mol. The van der Waals surface area contributed by atoms with Crippen LogP contribution >= 0.6 is 0 Å². The van der Waals surface area contributed by atoms with Gasteiger partial charge in [-0.1, -0.05) is 6.07 Å². The number of pyridine rings is 1. The number of aromatic hydroxyl groups is 1. The van der Waals surface area contributed by atoms with Crippen molar-refractivity contribution in [2.45, 2.75) is 25.3 Å². The zero-order valence-electron chi connectivity index (χ0n) is 16.6. The monoisotopic (exact) mass is 453 g/mol. The molecule has 2 heterocycles. The van der Waals surface area contributed by atoms with E-state index in [1.165, 1.54) is 0 Å². The van der Waals surface area contributed by atoms with Crippen molar-refractivity contribution in [1.29, 1.82) is 0 Å². The summed E-state index contributed by atoms with van der Waals surface area (Å²) < 4.78 is 54.8. The molecule has 2 atom stereocenters. The SMILES string of the molecule is O=C(NCc1ccc(F)cc1F)c1c[nH]c(C(=O)N2C[C@@H]3CC3CC(F)(F)C2)c(O)c1=O. The van der Waals surface area contributed by atoms with Crippen molar-refractivity contribution in [2.75, 3.05) is 13.1 Å². The van der Waals surface area contributed by atoms with E-state index in [9.17, 15) is 37.1 Å². The van der Waals surface area contributed by atoms with Gasteiger partial charge in [-0.15, -0.1) is 0 Å². The van der Waals surface area contributed by atoms with Crippen LogP contribution in [0, 0.1) is 23.5 Å². The van der Waals surface area contributed by atoms with E-state index in [0.29, 0.717) is 12.5 Å². The van der Waals surface area contributed by atoms with Crippen molar-refractivity contribution in [3.05, 3.63) is 63.1 Å².